The molecule has 2 amide bonds. The number of carbonyl (C=O) groups is 4. The second kappa shape index (κ2) is 74.2. The number of fused-ring (bicyclic) bond motifs is 2. The van der Waals surface area contributed by atoms with Gasteiger partial charge < -0.3 is 40.9 Å². The molecule has 0 aliphatic rings. The fourth-order valence-electron chi connectivity index (χ4n) is 3.80. The van der Waals surface area contributed by atoms with Gasteiger partial charge in [-0.05, 0) is 63.3 Å². The minimum atomic E-state index is -1.17. The van der Waals surface area contributed by atoms with Crippen LogP contribution in [-0.4, -0.2) is 118 Å². The third kappa shape index (κ3) is 59.4. The number of aryl methyl sites for hydroxylation is 3. The van der Waals surface area contributed by atoms with Crippen LogP contribution < -0.4 is 15.5 Å². The van der Waals surface area contributed by atoms with Gasteiger partial charge in [-0.3, -0.25) is 39.4 Å². The second-order valence-electron chi connectivity index (χ2n) is 11.7. The van der Waals surface area contributed by atoms with Crippen LogP contribution in [0.3, 0.4) is 0 Å². The number of hydrogen-bond acceptors (Lipinski definition) is 18. The molecule has 82 heavy (non-hydrogen) atoms. The SMILES string of the molecule is C.C.C.C.CB(O)O.CC.CC.CC.CC.CC.CC.CC(=O)O.CC(=O)O.CCBr.CCOn1cnc2ncc(C)cc21.Cc1cnc(NC=O)c([N+](=O)[O-])c1.Cc1cnc2ncn(O)c2c1.O=CNc1ncc(Cl)cc1[N+](=O)[O-].[2HH].[2HH].[HH].[Pd]. The van der Waals surface area contributed by atoms with Crippen LogP contribution >= 0.6 is 27.5 Å². The molecule has 6 heterocycles. The fraction of sp³-hybridized carbons (Fsp3) is 0.500. The Bertz CT molecular complexity index is 2370. The minimum Gasteiger partial charge on any atom is -0.481 e. The van der Waals surface area contributed by atoms with Crippen LogP contribution in [0.25, 0.3) is 22.3 Å². The van der Waals surface area contributed by atoms with Crippen molar-refractivity contribution in [1.29, 1.82) is 0 Å². The smallest absolute Gasteiger partial charge is 0.448 e. The van der Waals surface area contributed by atoms with Crippen LogP contribution in [0.5, 0.6) is 0 Å². The van der Waals surface area contributed by atoms with Crippen molar-refractivity contribution in [2.75, 3.05) is 22.6 Å². The number of nitrogens with zero attached hydrogens (tertiary/aromatic N) is 10. The summed E-state index contributed by atoms with van der Waals surface area (Å²) in [6.07, 6.45) is 9.80. The number of rotatable bonds is 8. The first kappa shape index (κ1) is 107. The molecule has 6 rings (SSSR count). The van der Waals surface area contributed by atoms with Crippen LogP contribution in [0.15, 0.2) is 61.7 Å². The molecule has 0 aliphatic heterocycles. The van der Waals surface area contributed by atoms with Gasteiger partial charge in [0, 0.05) is 80.8 Å². The molecule has 26 nitrogen and oxygen atoms in total. The quantitative estimate of drug-likeness (QED) is 0.0186. The van der Waals surface area contributed by atoms with Crippen LogP contribution in [-0.2, 0) is 39.6 Å². The van der Waals surface area contributed by atoms with Crippen molar-refractivity contribution in [2.45, 2.75) is 168 Å². The molecule has 0 aromatic carbocycles. The van der Waals surface area contributed by atoms with E-state index in [0.717, 1.165) is 52.3 Å². The predicted molar refractivity (Wildman–Crippen MR) is 343 cm³/mol. The molecule has 0 unspecified atom stereocenters. The molecule has 0 radical (unpaired) electrons. The van der Waals surface area contributed by atoms with Crippen molar-refractivity contribution in [3.05, 3.63) is 104 Å². The van der Waals surface area contributed by atoms with Gasteiger partial charge in [0.1, 0.15) is 30.3 Å². The molecule has 0 aliphatic carbocycles. The summed E-state index contributed by atoms with van der Waals surface area (Å²) < 4.78 is 2.62. The number of aliphatic carboxylic acids is 2. The second-order valence-corrected chi connectivity index (χ2v) is 13.2. The molecule has 0 bridgehead atoms. The number of carboxylic acids is 2. The number of halogens is 2. The first-order valence-electron chi connectivity index (χ1n) is 24.0. The molecule has 0 spiro atoms. The number of aromatic nitrogens is 8. The average molecular weight is 1360 g/mol. The minimum absolute atomic E-state index is 0. The van der Waals surface area contributed by atoms with Gasteiger partial charge in [-0.25, -0.2) is 29.9 Å². The van der Waals surface area contributed by atoms with Gasteiger partial charge >= 0.3 is 18.5 Å². The van der Waals surface area contributed by atoms with E-state index in [1.807, 2.05) is 123 Å². The molecule has 484 valence electrons. The zero-order valence-corrected chi connectivity index (χ0v) is 52.3. The number of carbonyl (C=O) groups excluding carboxylic acids is 2. The maximum atomic E-state index is 10.5. The van der Waals surface area contributed by atoms with E-state index < -0.39 is 28.9 Å². The van der Waals surface area contributed by atoms with Crippen LogP contribution in [0.4, 0.5) is 23.0 Å². The zero-order chi connectivity index (χ0) is 62.2. The van der Waals surface area contributed by atoms with Crippen LogP contribution in [0, 0.1) is 41.0 Å². The normalized spacial score (nSPS) is 7.66. The van der Waals surface area contributed by atoms with Crippen molar-refractivity contribution in [3.63, 3.8) is 0 Å². The Morgan fingerprint density at radius 1 is 0.671 bits per heavy atom. The molecule has 0 saturated heterocycles. The zero-order valence-electron chi connectivity index (χ0n) is 48.4. The van der Waals surface area contributed by atoms with E-state index >= 15 is 0 Å². The standard InChI is InChI=1S/C9H11N3O.C7H7N3O3.C7H7N3O.C6H4ClN3O3.C2H5Br.2C2H4O2.6C2H6.CH5BO2.4CH4.Pd.3H2/c1-3-13-12-6-11-9-8(12)4-7(2)5-10-9;1-5-2-6(10(12)13)7(8-3-5)9-4-11;1-5-2-6-7(8-3-5)9-4-10(6)11;7-4-1-5(10(12)13)6(8-2-4)9-3-11;1-2-3;2*1-2(3)4;6*1-2;1-2(3)4;;;;;;;;/h4-6H,3H2,1-2H3;2-4H,1H3,(H,8,9,11);2-4,11H,1H3;1-3H,(H,8,9,11);2H2,1H3;2*1H3,(H,3,4);6*1-2H3;3-4H,1H3;4*1H4;;3*1H/i;;;;;;;;;;;;;;;;;;;2*1+1;. The maximum absolute atomic E-state index is 10.5. The molecule has 7 N–H and O–H groups in total. The Kier molecular flexibility index (Phi) is 96.9. The van der Waals surface area contributed by atoms with Gasteiger partial charge in [0.15, 0.2) is 11.3 Å². The summed E-state index contributed by atoms with van der Waals surface area (Å²) in [4.78, 5) is 86.4. The molecule has 0 saturated carbocycles. The Hall–Kier alpha value is -6.76. The maximum Gasteiger partial charge on any atom is 0.448 e. The summed E-state index contributed by atoms with van der Waals surface area (Å²) in [5.41, 5.74) is 5.10. The number of imidazole rings is 2. The molecule has 6 aromatic heterocycles. The average Bonchev–Trinajstić information content (AvgIpc) is 3.98. The van der Waals surface area contributed by atoms with E-state index in [9.17, 15) is 29.8 Å². The number of alkyl halides is 1. The Morgan fingerprint density at radius 2 is 0.963 bits per heavy atom. The number of nitro groups is 2. The molecule has 30 heteroatoms. The number of amides is 2. The van der Waals surface area contributed by atoms with Crippen LogP contribution in [0.1, 0.15) is 161 Å². The van der Waals surface area contributed by atoms with Gasteiger partial charge in [-0.1, -0.05) is 147 Å². The van der Waals surface area contributed by atoms with Crippen molar-refractivity contribution in [1.82, 2.24) is 39.4 Å². The van der Waals surface area contributed by atoms with E-state index in [0.29, 0.717) is 36.2 Å². The Labute approximate surface area is 520 Å². The summed E-state index contributed by atoms with van der Waals surface area (Å²) >= 11 is 8.62. The molecule has 0 atom stereocenters. The largest absolute Gasteiger partial charge is 0.481 e. The third-order valence-electron chi connectivity index (χ3n) is 5.92. The number of nitrogens with one attached hydrogen (secondary N) is 2. The number of carboxylic acid groups (broad SMARTS) is 2. The molecular weight excluding hydrogens is 1250 g/mol. The number of pyridine rings is 4. The number of hydrogen-bond donors (Lipinski definition) is 7. The summed E-state index contributed by atoms with van der Waals surface area (Å²) in [5.74, 6) is -1.82. The number of anilines is 2. The van der Waals surface area contributed by atoms with E-state index in [1.165, 1.54) is 31.6 Å². The van der Waals surface area contributed by atoms with Crippen molar-refractivity contribution in [3.8, 4) is 0 Å². The predicted octanol–water partition coefficient (Wildman–Crippen LogP) is 14.4. The van der Waals surface area contributed by atoms with Crippen molar-refractivity contribution < 1.29 is 84.0 Å². The Morgan fingerprint density at radius 3 is 1.30 bits per heavy atom. The van der Waals surface area contributed by atoms with Crippen molar-refractivity contribution >= 4 is 105 Å². The molecule has 6 aromatic rings. The third-order valence-corrected chi connectivity index (χ3v) is 6.12. The van der Waals surface area contributed by atoms with Gasteiger partial charge in [0.2, 0.25) is 24.5 Å². The summed E-state index contributed by atoms with van der Waals surface area (Å²) in [5, 5.41) is 65.5. The van der Waals surface area contributed by atoms with E-state index in [-0.39, 0.29) is 82.4 Å². The van der Waals surface area contributed by atoms with Crippen molar-refractivity contribution in [2.24, 2.45) is 0 Å². The van der Waals surface area contributed by atoms with E-state index in [2.05, 4.69) is 56.5 Å². The summed E-state index contributed by atoms with van der Waals surface area (Å²) in [6, 6.07) is 6.29. The summed E-state index contributed by atoms with van der Waals surface area (Å²) in [7, 11) is -1.17. The van der Waals surface area contributed by atoms with Crippen LogP contribution in [0.2, 0.25) is 11.8 Å². The fourth-order valence-corrected chi connectivity index (χ4v) is 3.95. The monoisotopic (exact) mass is 1350 g/mol. The molecular formula is C52H105BBrClN12O14Pd. The first-order valence-corrected chi connectivity index (χ1v) is 25.5. The Balaban J connectivity index is -0.0000000456. The van der Waals surface area contributed by atoms with E-state index in [1.54, 1.807) is 30.4 Å². The van der Waals surface area contributed by atoms with E-state index in [4.69, 9.17) is 51.5 Å². The summed E-state index contributed by atoms with van der Waals surface area (Å²) in [6.45, 7) is 37.6. The topological polar surface area (TPSA) is 376 Å². The van der Waals surface area contributed by atoms with Gasteiger partial charge in [0.05, 0.1) is 14.9 Å². The first-order chi connectivity index (χ1) is 36.5. The van der Waals surface area contributed by atoms with Gasteiger partial charge in [0.25, 0.3) is 11.9 Å². The van der Waals surface area contributed by atoms with Gasteiger partial charge in [-0.15, -0.1) is 0 Å². The molecule has 0 fully saturated rings. The van der Waals surface area contributed by atoms with Gasteiger partial charge in [-0.2, -0.15) is 9.46 Å².